The Bertz CT molecular complexity index is 389. The first kappa shape index (κ1) is 16.5. The normalized spacial score (nSPS) is 10.8. The van der Waals surface area contributed by atoms with E-state index in [2.05, 4.69) is 24.1 Å². The van der Waals surface area contributed by atoms with E-state index in [1.54, 1.807) is 0 Å². The Morgan fingerprint density at radius 1 is 1.20 bits per heavy atom. The van der Waals surface area contributed by atoms with Gasteiger partial charge in [-0.15, -0.1) is 0 Å². The van der Waals surface area contributed by atoms with Crippen molar-refractivity contribution in [2.24, 2.45) is 0 Å². The summed E-state index contributed by atoms with van der Waals surface area (Å²) in [7, 11) is 0. The fraction of sp³-hybridized carbons (Fsp3) is 0.562. The van der Waals surface area contributed by atoms with E-state index in [1.165, 1.54) is 5.56 Å². The van der Waals surface area contributed by atoms with Crippen molar-refractivity contribution in [3.8, 4) is 0 Å². The zero-order chi connectivity index (χ0) is 14.8. The Labute approximate surface area is 122 Å². The van der Waals surface area contributed by atoms with Crippen molar-refractivity contribution in [1.29, 1.82) is 0 Å². The third-order valence-corrected chi connectivity index (χ3v) is 3.15. The monoisotopic (exact) mass is 277 g/mol. The molecule has 0 bridgehead atoms. The van der Waals surface area contributed by atoms with Gasteiger partial charge in [0.05, 0.1) is 6.54 Å². The van der Waals surface area contributed by atoms with Crippen molar-refractivity contribution in [3.63, 3.8) is 0 Å². The maximum atomic E-state index is 11.9. The molecule has 0 aromatic heterocycles. The van der Waals surface area contributed by atoms with Crippen LogP contribution < -0.4 is 11.1 Å². The van der Waals surface area contributed by atoms with Gasteiger partial charge in [0.2, 0.25) is 5.91 Å². The van der Waals surface area contributed by atoms with E-state index in [1.807, 2.05) is 24.3 Å². The van der Waals surface area contributed by atoms with Gasteiger partial charge in [-0.25, -0.2) is 0 Å². The van der Waals surface area contributed by atoms with E-state index in [0.29, 0.717) is 6.54 Å². The number of nitrogen functional groups attached to an aromatic ring is 1. The highest BCUT2D eigenvalue weighted by Gasteiger charge is 2.10. The molecule has 0 heterocycles. The number of nitrogens with zero attached hydrogens (tertiary/aromatic N) is 1. The zero-order valence-electron chi connectivity index (χ0n) is 12.7. The van der Waals surface area contributed by atoms with Gasteiger partial charge in [0.1, 0.15) is 0 Å². The van der Waals surface area contributed by atoms with Crippen molar-refractivity contribution >= 4 is 11.6 Å². The smallest absolute Gasteiger partial charge is 0.234 e. The number of unbranched alkanes of at least 4 members (excludes halogenated alkanes) is 1. The minimum atomic E-state index is 0.113. The molecule has 1 aromatic rings. The number of rotatable bonds is 9. The molecule has 1 rings (SSSR count). The highest BCUT2D eigenvalue weighted by atomic mass is 16.2. The van der Waals surface area contributed by atoms with Gasteiger partial charge in [-0.1, -0.05) is 32.4 Å². The van der Waals surface area contributed by atoms with Gasteiger partial charge in [0.25, 0.3) is 0 Å². The van der Waals surface area contributed by atoms with Crippen LogP contribution in [0.1, 0.15) is 38.7 Å². The number of amides is 1. The van der Waals surface area contributed by atoms with E-state index in [0.717, 1.165) is 44.6 Å². The molecular formula is C16H27N3O. The van der Waals surface area contributed by atoms with Crippen LogP contribution in [0.3, 0.4) is 0 Å². The van der Waals surface area contributed by atoms with E-state index < -0.39 is 0 Å². The Balaban J connectivity index is 2.46. The van der Waals surface area contributed by atoms with Gasteiger partial charge in [0, 0.05) is 18.8 Å². The molecular weight excluding hydrogens is 250 g/mol. The Morgan fingerprint density at radius 3 is 2.50 bits per heavy atom. The van der Waals surface area contributed by atoms with Crippen LogP contribution >= 0.6 is 0 Å². The molecule has 3 N–H and O–H groups in total. The SMILES string of the molecule is CCCCNC(=O)CN(CCC)Cc1ccc(N)cc1. The Morgan fingerprint density at radius 2 is 1.90 bits per heavy atom. The average Bonchev–Trinajstić information content (AvgIpc) is 2.42. The molecule has 0 radical (unpaired) electrons. The Kier molecular flexibility index (Phi) is 7.73. The Hall–Kier alpha value is -1.55. The summed E-state index contributed by atoms with van der Waals surface area (Å²) in [4.78, 5) is 14.0. The molecule has 0 aliphatic carbocycles. The number of nitrogens with two attached hydrogens (primary N) is 1. The molecule has 0 saturated heterocycles. The van der Waals surface area contributed by atoms with Gasteiger partial charge in [0.15, 0.2) is 0 Å². The number of nitrogens with one attached hydrogen (secondary N) is 1. The van der Waals surface area contributed by atoms with Crippen molar-refractivity contribution in [2.75, 3.05) is 25.4 Å². The molecule has 0 saturated carbocycles. The second kappa shape index (κ2) is 9.37. The molecule has 20 heavy (non-hydrogen) atoms. The largest absolute Gasteiger partial charge is 0.399 e. The third kappa shape index (κ3) is 6.57. The van der Waals surface area contributed by atoms with Crippen molar-refractivity contribution in [1.82, 2.24) is 10.2 Å². The predicted molar refractivity (Wildman–Crippen MR) is 84.3 cm³/mol. The molecule has 1 amide bonds. The number of carbonyl (C=O) groups is 1. The molecule has 0 atom stereocenters. The van der Waals surface area contributed by atoms with Crippen LogP contribution in [-0.4, -0.2) is 30.4 Å². The molecule has 0 aliphatic rings. The molecule has 0 fully saturated rings. The van der Waals surface area contributed by atoms with Crippen LogP contribution in [0, 0.1) is 0 Å². The fourth-order valence-corrected chi connectivity index (χ4v) is 2.08. The first-order valence-corrected chi connectivity index (χ1v) is 7.49. The maximum Gasteiger partial charge on any atom is 0.234 e. The molecule has 0 spiro atoms. The minimum absolute atomic E-state index is 0.113. The summed E-state index contributed by atoms with van der Waals surface area (Å²) < 4.78 is 0. The third-order valence-electron chi connectivity index (χ3n) is 3.15. The summed E-state index contributed by atoms with van der Waals surface area (Å²) in [6.07, 6.45) is 3.18. The number of anilines is 1. The summed E-state index contributed by atoms with van der Waals surface area (Å²) in [6, 6.07) is 7.85. The molecule has 4 heteroatoms. The van der Waals surface area contributed by atoms with Crippen molar-refractivity contribution in [2.45, 2.75) is 39.7 Å². The zero-order valence-corrected chi connectivity index (χ0v) is 12.7. The van der Waals surface area contributed by atoms with Gasteiger partial charge in [-0.05, 0) is 37.1 Å². The highest BCUT2D eigenvalue weighted by molar-refractivity contribution is 5.77. The predicted octanol–water partition coefficient (Wildman–Crippen LogP) is 2.40. The lowest BCUT2D eigenvalue weighted by Gasteiger charge is -2.21. The van der Waals surface area contributed by atoms with Crippen LogP contribution in [0.4, 0.5) is 5.69 Å². The van der Waals surface area contributed by atoms with Gasteiger partial charge in [-0.3, -0.25) is 9.69 Å². The second-order valence-corrected chi connectivity index (χ2v) is 5.16. The lowest BCUT2D eigenvalue weighted by Crippen LogP contribution is -2.37. The standard InChI is InChI=1S/C16H27N3O/c1-3-5-10-18-16(20)13-19(11-4-2)12-14-6-8-15(17)9-7-14/h6-9H,3-5,10-13,17H2,1-2H3,(H,18,20). The van der Waals surface area contributed by atoms with Crippen LogP contribution in [0.2, 0.25) is 0 Å². The van der Waals surface area contributed by atoms with Crippen molar-refractivity contribution in [3.05, 3.63) is 29.8 Å². The minimum Gasteiger partial charge on any atom is -0.399 e. The molecule has 0 aliphatic heterocycles. The van der Waals surface area contributed by atoms with Gasteiger partial charge >= 0.3 is 0 Å². The second-order valence-electron chi connectivity index (χ2n) is 5.16. The van der Waals surface area contributed by atoms with Gasteiger partial charge in [-0.2, -0.15) is 0 Å². The fourth-order valence-electron chi connectivity index (χ4n) is 2.08. The molecule has 112 valence electrons. The summed E-state index contributed by atoms with van der Waals surface area (Å²) in [5, 5.41) is 2.97. The summed E-state index contributed by atoms with van der Waals surface area (Å²) in [5.74, 6) is 0.113. The highest BCUT2D eigenvalue weighted by Crippen LogP contribution is 2.08. The quantitative estimate of drug-likeness (QED) is 0.538. The maximum absolute atomic E-state index is 11.9. The van der Waals surface area contributed by atoms with E-state index in [4.69, 9.17) is 5.73 Å². The summed E-state index contributed by atoms with van der Waals surface area (Å²) in [6.45, 7) is 7.20. The number of hydrogen-bond donors (Lipinski definition) is 2. The van der Waals surface area contributed by atoms with Crippen molar-refractivity contribution < 1.29 is 4.79 Å². The van der Waals surface area contributed by atoms with E-state index in [9.17, 15) is 4.79 Å². The van der Waals surface area contributed by atoms with Crippen LogP contribution in [0.5, 0.6) is 0 Å². The van der Waals surface area contributed by atoms with E-state index >= 15 is 0 Å². The molecule has 4 nitrogen and oxygen atoms in total. The van der Waals surface area contributed by atoms with E-state index in [-0.39, 0.29) is 5.91 Å². The lowest BCUT2D eigenvalue weighted by molar-refractivity contribution is -0.122. The number of hydrogen-bond acceptors (Lipinski definition) is 3. The number of carbonyl (C=O) groups excluding carboxylic acids is 1. The summed E-state index contributed by atoms with van der Waals surface area (Å²) in [5.41, 5.74) is 7.65. The lowest BCUT2D eigenvalue weighted by atomic mass is 10.2. The molecule has 1 aromatic carbocycles. The molecule has 0 unspecified atom stereocenters. The van der Waals surface area contributed by atoms with Crippen LogP contribution in [-0.2, 0) is 11.3 Å². The van der Waals surface area contributed by atoms with Crippen LogP contribution in [0.15, 0.2) is 24.3 Å². The van der Waals surface area contributed by atoms with Crippen LogP contribution in [0.25, 0.3) is 0 Å². The average molecular weight is 277 g/mol. The van der Waals surface area contributed by atoms with Gasteiger partial charge < -0.3 is 11.1 Å². The first-order valence-electron chi connectivity index (χ1n) is 7.49. The summed E-state index contributed by atoms with van der Waals surface area (Å²) >= 11 is 0. The topological polar surface area (TPSA) is 58.4 Å². The number of benzene rings is 1. The first-order chi connectivity index (χ1) is 9.65.